The van der Waals surface area contributed by atoms with E-state index in [4.69, 9.17) is 10.5 Å². The molecule has 0 unspecified atom stereocenters. The summed E-state index contributed by atoms with van der Waals surface area (Å²) in [5, 5.41) is 9.49. The number of methoxy groups -OCH3 is 1. The Bertz CT molecular complexity index is 657. The number of nitrogens with zero attached hydrogens (tertiary/aromatic N) is 4. The molecular formula is C15H21N5OS. The van der Waals surface area contributed by atoms with Crippen molar-refractivity contribution in [1.29, 1.82) is 0 Å². The molecule has 2 aromatic rings. The standard InChI is InChI=1S/C15H21N5OS/c1-15(2)10-19(14-18-17-13(16)22-14)8-9-20(15)11-6-4-5-7-12(11)21-3/h4-7H,8-10H2,1-3H3,(H2,16,17). The van der Waals surface area contributed by atoms with Crippen LogP contribution in [-0.2, 0) is 0 Å². The molecule has 0 amide bonds. The Morgan fingerprint density at radius 3 is 2.64 bits per heavy atom. The summed E-state index contributed by atoms with van der Waals surface area (Å²) in [6.07, 6.45) is 0. The maximum Gasteiger partial charge on any atom is 0.210 e. The summed E-state index contributed by atoms with van der Waals surface area (Å²) in [7, 11) is 1.71. The van der Waals surface area contributed by atoms with Crippen molar-refractivity contribution in [3.8, 4) is 5.75 Å². The van der Waals surface area contributed by atoms with Crippen molar-refractivity contribution in [1.82, 2.24) is 10.2 Å². The average molecular weight is 319 g/mol. The maximum absolute atomic E-state index is 5.70. The zero-order valence-corrected chi connectivity index (χ0v) is 13.9. The molecule has 1 saturated heterocycles. The molecule has 118 valence electrons. The van der Waals surface area contributed by atoms with Crippen molar-refractivity contribution < 1.29 is 4.74 Å². The predicted molar refractivity (Wildman–Crippen MR) is 91.0 cm³/mol. The van der Waals surface area contributed by atoms with Crippen LogP contribution in [-0.4, -0.2) is 42.5 Å². The third kappa shape index (κ3) is 2.68. The number of piperazine rings is 1. The van der Waals surface area contributed by atoms with Gasteiger partial charge in [0.15, 0.2) is 0 Å². The first-order chi connectivity index (χ1) is 10.5. The van der Waals surface area contributed by atoms with E-state index < -0.39 is 0 Å². The van der Waals surface area contributed by atoms with Gasteiger partial charge in [0.05, 0.1) is 18.3 Å². The Hall–Kier alpha value is -2.02. The minimum absolute atomic E-state index is 0.0483. The monoisotopic (exact) mass is 319 g/mol. The van der Waals surface area contributed by atoms with E-state index in [1.807, 2.05) is 18.2 Å². The molecule has 1 aliphatic rings. The molecule has 1 fully saturated rings. The van der Waals surface area contributed by atoms with Gasteiger partial charge in [-0.3, -0.25) is 0 Å². The Morgan fingerprint density at radius 1 is 1.23 bits per heavy atom. The van der Waals surface area contributed by atoms with Gasteiger partial charge in [0, 0.05) is 19.6 Å². The van der Waals surface area contributed by atoms with Crippen LogP contribution >= 0.6 is 11.3 Å². The smallest absolute Gasteiger partial charge is 0.210 e. The van der Waals surface area contributed by atoms with Crippen LogP contribution in [0.4, 0.5) is 16.0 Å². The molecule has 6 nitrogen and oxygen atoms in total. The van der Waals surface area contributed by atoms with Crippen molar-refractivity contribution in [2.75, 3.05) is 42.3 Å². The highest BCUT2D eigenvalue weighted by molar-refractivity contribution is 7.18. The van der Waals surface area contributed by atoms with E-state index in [0.717, 1.165) is 36.2 Å². The Morgan fingerprint density at radius 2 is 2.00 bits per heavy atom. The van der Waals surface area contributed by atoms with Gasteiger partial charge in [-0.2, -0.15) is 0 Å². The van der Waals surface area contributed by atoms with Gasteiger partial charge in [-0.1, -0.05) is 23.5 Å². The van der Waals surface area contributed by atoms with Gasteiger partial charge in [0.1, 0.15) is 5.75 Å². The van der Waals surface area contributed by atoms with Gasteiger partial charge < -0.3 is 20.3 Å². The molecule has 0 bridgehead atoms. The number of para-hydroxylation sites is 2. The fourth-order valence-corrected chi connectivity index (χ4v) is 3.61. The van der Waals surface area contributed by atoms with E-state index in [1.165, 1.54) is 11.3 Å². The summed E-state index contributed by atoms with van der Waals surface area (Å²) in [6.45, 7) is 7.11. The van der Waals surface area contributed by atoms with Gasteiger partial charge in [-0.25, -0.2) is 0 Å². The molecule has 3 rings (SSSR count). The normalized spacial score (nSPS) is 17.6. The topological polar surface area (TPSA) is 67.5 Å². The van der Waals surface area contributed by atoms with Crippen LogP contribution in [0.15, 0.2) is 24.3 Å². The third-order valence-corrected chi connectivity index (χ3v) is 4.79. The fraction of sp³-hybridized carbons (Fsp3) is 0.467. The lowest BCUT2D eigenvalue weighted by atomic mass is 9.97. The summed E-state index contributed by atoms with van der Waals surface area (Å²) in [6, 6.07) is 8.16. The van der Waals surface area contributed by atoms with Crippen LogP contribution in [0.1, 0.15) is 13.8 Å². The first-order valence-electron chi connectivity index (χ1n) is 7.26. The highest BCUT2D eigenvalue weighted by Gasteiger charge is 2.36. The number of benzene rings is 1. The van der Waals surface area contributed by atoms with Crippen LogP contribution in [0.5, 0.6) is 5.75 Å². The minimum atomic E-state index is -0.0483. The van der Waals surface area contributed by atoms with E-state index in [-0.39, 0.29) is 5.54 Å². The number of nitrogen functional groups attached to an aromatic ring is 1. The lowest BCUT2D eigenvalue weighted by Crippen LogP contribution is -2.59. The van der Waals surface area contributed by atoms with Crippen molar-refractivity contribution in [2.45, 2.75) is 19.4 Å². The van der Waals surface area contributed by atoms with E-state index in [2.05, 4.69) is 39.9 Å². The summed E-state index contributed by atoms with van der Waals surface area (Å²) < 4.78 is 5.51. The first kappa shape index (κ1) is 14.9. The van der Waals surface area contributed by atoms with E-state index >= 15 is 0 Å². The van der Waals surface area contributed by atoms with Crippen LogP contribution in [0.3, 0.4) is 0 Å². The Labute approximate surface area is 134 Å². The molecule has 7 heteroatoms. The highest BCUT2D eigenvalue weighted by atomic mass is 32.1. The second kappa shape index (κ2) is 5.64. The lowest BCUT2D eigenvalue weighted by Gasteiger charge is -2.48. The van der Waals surface area contributed by atoms with Gasteiger partial charge in [0.25, 0.3) is 0 Å². The van der Waals surface area contributed by atoms with Gasteiger partial charge in [-0.15, -0.1) is 10.2 Å². The molecule has 22 heavy (non-hydrogen) atoms. The summed E-state index contributed by atoms with van der Waals surface area (Å²) in [5.41, 5.74) is 6.78. The van der Waals surface area contributed by atoms with Gasteiger partial charge >= 0.3 is 0 Å². The minimum Gasteiger partial charge on any atom is -0.495 e. The molecule has 0 saturated carbocycles. The second-order valence-electron chi connectivity index (χ2n) is 5.98. The third-order valence-electron chi connectivity index (χ3n) is 3.98. The van der Waals surface area contributed by atoms with E-state index in [9.17, 15) is 0 Å². The number of hydrogen-bond donors (Lipinski definition) is 1. The van der Waals surface area contributed by atoms with E-state index in [1.54, 1.807) is 7.11 Å². The zero-order valence-electron chi connectivity index (χ0n) is 13.1. The molecule has 0 atom stereocenters. The van der Waals surface area contributed by atoms with Crippen LogP contribution < -0.4 is 20.3 Å². The van der Waals surface area contributed by atoms with Crippen LogP contribution in [0.2, 0.25) is 0 Å². The van der Waals surface area contributed by atoms with Gasteiger partial charge in [-0.05, 0) is 26.0 Å². The number of hydrogen-bond acceptors (Lipinski definition) is 7. The summed E-state index contributed by atoms with van der Waals surface area (Å²) in [5.74, 6) is 0.907. The number of anilines is 3. The van der Waals surface area contributed by atoms with E-state index in [0.29, 0.717) is 5.13 Å². The molecule has 2 N–H and O–H groups in total. The van der Waals surface area contributed by atoms with Crippen molar-refractivity contribution >= 4 is 27.3 Å². The Balaban J connectivity index is 1.85. The zero-order chi connectivity index (χ0) is 15.7. The summed E-state index contributed by atoms with van der Waals surface area (Å²) >= 11 is 1.44. The SMILES string of the molecule is COc1ccccc1N1CCN(c2nnc(N)s2)CC1(C)C. The number of nitrogens with two attached hydrogens (primary N) is 1. The number of ether oxygens (including phenoxy) is 1. The van der Waals surface area contributed by atoms with Crippen molar-refractivity contribution in [3.05, 3.63) is 24.3 Å². The average Bonchev–Trinajstić information content (AvgIpc) is 2.93. The molecule has 2 heterocycles. The molecule has 1 aliphatic heterocycles. The highest BCUT2D eigenvalue weighted by Crippen LogP contribution is 2.36. The maximum atomic E-state index is 5.70. The Kier molecular flexibility index (Phi) is 3.82. The number of rotatable bonds is 3. The first-order valence-corrected chi connectivity index (χ1v) is 8.07. The number of aromatic nitrogens is 2. The second-order valence-corrected chi connectivity index (χ2v) is 6.97. The van der Waals surface area contributed by atoms with Gasteiger partial charge in [0.2, 0.25) is 10.3 Å². The summed E-state index contributed by atoms with van der Waals surface area (Å²) in [4.78, 5) is 4.65. The van der Waals surface area contributed by atoms with Crippen molar-refractivity contribution in [3.63, 3.8) is 0 Å². The quantitative estimate of drug-likeness (QED) is 0.936. The fourth-order valence-electron chi connectivity index (χ4n) is 2.97. The molecule has 0 radical (unpaired) electrons. The lowest BCUT2D eigenvalue weighted by molar-refractivity contribution is 0.388. The molecule has 1 aromatic carbocycles. The van der Waals surface area contributed by atoms with Crippen LogP contribution in [0, 0.1) is 0 Å². The molecular weight excluding hydrogens is 298 g/mol. The van der Waals surface area contributed by atoms with Crippen molar-refractivity contribution in [2.24, 2.45) is 0 Å². The predicted octanol–water partition coefficient (Wildman–Crippen LogP) is 2.23. The molecule has 1 aromatic heterocycles. The largest absolute Gasteiger partial charge is 0.495 e. The van der Waals surface area contributed by atoms with Crippen LogP contribution in [0.25, 0.3) is 0 Å². The molecule has 0 spiro atoms. The molecule has 0 aliphatic carbocycles.